The Labute approximate surface area is 167 Å². The number of nitrogens with zero attached hydrogens (tertiary/aromatic N) is 2. The van der Waals surface area contributed by atoms with Crippen LogP contribution in [0.1, 0.15) is 19.7 Å². The summed E-state index contributed by atoms with van der Waals surface area (Å²) in [4.78, 5) is 17.2. The first-order chi connectivity index (χ1) is 12.7. The van der Waals surface area contributed by atoms with Gasteiger partial charge in [-0.1, -0.05) is 41.9 Å². The van der Waals surface area contributed by atoms with Crippen molar-refractivity contribution in [1.82, 2.24) is 9.36 Å². The summed E-state index contributed by atoms with van der Waals surface area (Å²) in [5.41, 5.74) is 0.904. The van der Waals surface area contributed by atoms with E-state index in [4.69, 9.17) is 11.6 Å². The number of carbonyl (C=O) groups excluding carboxylic acids is 1. The number of hydrogen-bond acceptors (Lipinski definition) is 6. The number of hydrogen-bond donors (Lipinski definition) is 0. The second-order valence-corrected chi connectivity index (χ2v) is 10.1. The first-order valence-electron chi connectivity index (χ1n) is 8.13. The molecule has 2 aromatic carbocycles. The summed E-state index contributed by atoms with van der Waals surface area (Å²) in [6, 6.07) is 15.3. The zero-order valence-corrected chi connectivity index (χ0v) is 17.1. The van der Waals surface area contributed by atoms with Gasteiger partial charge in [-0.05, 0) is 49.6 Å². The molecule has 0 fully saturated rings. The quantitative estimate of drug-likeness (QED) is 0.596. The van der Waals surface area contributed by atoms with Crippen LogP contribution in [-0.4, -0.2) is 28.3 Å². The fraction of sp³-hybridized carbons (Fsp3) is 0.211. The number of carbonyl (C=O) groups is 1. The van der Waals surface area contributed by atoms with Crippen molar-refractivity contribution in [3.05, 3.63) is 65.4 Å². The maximum Gasteiger partial charge on any atom is 0.190 e. The molecule has 1 aromatic heterocycles. The van der Waals surface area contributed by atoms with Crippen molar-refractivity contribution in [3.63, 3.8) is 0 Å². The van der Waals surface area contributed by atoms with Crippen molar-refractivity contribution >= 4 is 38.8 Å². The molecule has 0 N–H and O–H groups in total. The third-order valence-electron chi connectivity index (χ3n) is 4.27. The lowest BCUT2D eigenvalue weighted by atomic mass is 10.1. The van der Waals surface area contributed by atoms with Gasteiger partial charge in [0.2, 0.25) is 0 Å². The molecular weight excluding hydrogens is 404 g/mol. The van der Waals surface area contributed by atoms with Crippen LogP contribution in [0.4, 0.5) is 0 Å². The van der Waals surface area contributed by atoms with Gasteiger partial charge in [0.15, 0.2) is 15.6 Å². The molecule has 8 heteroatoms. The van der Waals surface area contributed by atoms with Crippen LogP contribution in [0.25, 0.3) is 10.6 Å². The standard InChI is InChI=1S/C19H17ClN2O3S2/c1-19(2,27(24,25)15-10-8-14(20)9-11-15)16(23)12-17-21-18(26-22-17)13-6-4-3-5-7-13/h3-11H,12H2,1-2H3. The number of rotatable bonds is 6. The van der Waals surface area contributed by atoms with E-state index in [1.54, 1.807) is 0 Å². The maximum atomic E-state index is 12.9. The van der Waals surface area contributed by atoms with Crippen molar-refractivity contribution in [3.8, 4) is 10.6 Å². The summed E-state index contributed by atoms with van der Waals surface area (Å²) in [6.07, 6.45) is -0.150. The van der Waals surface area contributed by atoms with E-state index in [-0.39, 0.29) is 11.3 Å². The summed E-state index contributed by atoms with van der Waals surface area (Å²) >= 11 is 7.00. The van der Waals surface area contributed by atoms with Crippen molar-refractivity contribution in [2.24, 2.45) is 0 Å². The molecule has 1 heterocycles. The predicted octanol–water partition coefficient (Wildman–Crippen LogP) is 4.22. The van der Waals surface area contributed by atoms with Crippen LogP contribution >= 0.6 is 23.1 Å². The van der Waals surface area contributed by atoms with Gasteiger partial charge < -0.3 is 0 Å². The van der Waals surface area contributed by atoms with E-state index in [2.05, 4.69) is 9.36 Å². The number of ketones is 1. The van der Waals surface area contributed by atoms with Crippen LogP contribution in [0.3, 0.4) is 0 Å². The van der Waals surface area contributed by atoms with Crippen LogP contribution in [0.15, 0.2) is 59.5 Å². The number of halogens is 1. The second-order valence-electron chi connectivity index (χ2n) is 6.45. The Balaban J connectivity index is 1.82. The summed E-state index contributed by atoms with van der Waals surface area (Å²) in [7, 11) is -3.88. The van der Waals surface area contributed by atoms with E-state index >= 15 is 0 Å². The number of benzene rings is 2. The van der Waals surface area contributed by atoms with Gasteiger partial charge in [0, 0.05) is 10.6 Å². The van der Waals surface area contributed by atoms with Crippen LogP contribution in [0.2, 0.25) is 5.02 Å². The van der Waals surface area contributed by atoms with E-state index in [9.17, 15) is 13.2 Å². The highest BCUT2D eigenvalue weighted by Gasteiger charge is 2.42. The monoisotopic (exact) mass is 420 g/mol. The van der Waals surface area contributed by atoms with Gasteiger partial charge in [-0.25, -0.2) is 13.4 Å². The Hall–Kier alpha value is -2.09. The smallest absolute Gasteiger partial charge is 0.190 e. The Kier molecular flexibility index (Phi) is 5.46. The molecule has 5 nitrogen and oxygen atoms in total. The molecule has 0 radical (unpaired) electrons. The molecule has 0 saturated carbocycles. The largest absolute Gasteiger partial charge is 0.297 e. The Morgan fingerprint density at radius 1 is 1.07 bits per heavy atom. The van der Waals surface area contributed by atoms with E-state index in [1.165, 1.54) is 49.6 Å². The summed E-state index contributed by atoms with van der Waals surface area (Å²) in [6.45, 7) is 2.81. The van der Waals surface area contributed by atoms with Gasteiger partial charge in [-0.3, -0.25) is 4.79 Å². The molecule has 0 aliphatic carbocycles. The number of sulfone groups is 1. The minimum Gasteiger partial charge on any atom is -0.297 e. The Morgan fingerprint density at radius 3 is 2.33 bits per heavy atom. The van der Waals surface area contributed by atoms with Gasteiger partial charge in [0.1, 0.15) is 15.6 Å². The SMILES string of the molecule is CC(C)(C(=O)Cc1nsc(-c2ccccc2)n1)S(=O)(=O)c1ccc(Cl)cc1. The van der Waals surface area contributed by atoms with Crippen molar-refractivity contribution < 1.29 is 13.2 Å². The molecule has 3 rings (SSSR count). The first kappa shape index (κ1) is 19.7. The fourth-order valence-corrected chi connectivity index (χ4v) is 4.70. The van der Waals surface area contributed by atoms with Gasteiger partial charge >= 0.3 is 0 Å². The highest BCUT2D eigenvalue weighted by Crippen LogP contribution is 2.29. The highest BCUT2D eigenvalue weighted by atomic mass is 35.5. The molecule has 0 saturated heterocycles. The molecule has 0 amide bonds. The first-order valence-corrected chi connectivity index (χ1v) is 10.8. The lowest BCUT2D eigenvalue weighted by Gasteiger charge is -2.23. The van der Waals surface area contributed by atoms with Crippen LogP contribution in [0.5, 0.6) is 0 Å². The summed E-state index contributed by atoms with van der Waals surface area (Å²) in [5.74, 6) is -0.141. The minimum atomic E-state index is -3.88. The highest BCUT2D eigenvalue weighted by molar-refractivity contribution is 7.93. The molecule has 3 aromatic rings. The van der Waals surface area contributed by atoms with Crippen molar-refractivity contribution in [2.75, 3.05) is 0 Å². The molecular formula is C19H17ClN2O3S2. The molecule has 0 atom stereocenters. The molecule has 0 spiro atoms. The van der Waals surface area contributed by atoms with Crippen molar-refractivity contribution in [2.45, 2.75) is 29.9 Å². The Morgan fingerprint density at radius 2 is 1.70 bits per heavy atom. The third kappa shape index (κ3) is 3.95. The molecule has 27 heavy (non-hydrogen) atoms. The van der Waals surface area contributed by atoms with Crippen LogP contribution < -0.4 is 0 Å². The molecule has 0 aliphatic heterocycles. The summed E-state index contributed by atoms with van der Waals surface area (Å²) < 4.78 is 28.4. The molecule has 0 aliphatic rings. The topological polar surface area (TPSA) is 77.0 Å². The molecule has 0 bridgehead atoms. The lowest BCUT2D eigenvalue weighted by molar-refractivity contribution is -0.120. The van der Waals surface area contributed by atoms with Crippen molar-refractivity contribution in [1.29, 1.82) is 0 Å². The third-order valence-corrected chi connectivity index (χ3v) is 7.79. The van der Waals surface area contributed by atoms with Crippen LogP contribution in [-0.2, 0) is 21.1 Å². The van der Waals surface area contributed by atoms with E-state index in [1.807, 2.05) is 30.3 Å². The Bertz CT molecular complexity index is 1060. The van der Waals surface area contributed by atoms with Crippen LogP contribution in [0, 0.1) is 0 Å². The maximum absolute atomic E-state index is 12.9. The second kappa shape index (κ2) is 7.50. The normalized spacial score (nSPS) is 12.1. The zero-order valence-electron chi connectivity index (χ0n) is 14.7. The predicted molar refractivity (Wildman–Crippen MR) is 107 cm³/mol. The lowest BCUT2D eigenvalue weighted by Crippen LogP contribution is -2.41. The van der Waals surface area contributed by atoms with Gasteiger partial charge in [-0.2, -0.15) is 4.37 Å². The molecule has 0 unspecified atom stereocenters. The van der Waals surface area contributed by atoms with E-state index in [0.717, 1.165) is 5.56 Å². The molecule has 140 valence electrons. The average Bonchev–Trinajstić information content (AvgIpc) is 3.11. The minimum absolute atomic E-state index is 0.0569. The average molecular weight is 421 g/mol. The van der Waals surface area contributed by atoms with Gasteiger partial charge in [0.25, 0.3) is 0 Å². The van der Waals surface area contributed by atoms with E-state index < -0.39 is 20.4 Å². The van der Waals surface area contributed by atoms with Gasteiger partial charge in [0.05, 0.1) is 11.3 Å². The number of aromatic nitrogens is 2. The summed E-state index contributed by atoms with van der Waals surface area (Å²) in [5, 5.41) is 1.12. The van der Waals surface area contributed by atoms with E-state index in [0.29, 0.717) is 15.9 Å². The fourth-order valence-electron chi connectivity index (χ4n) is 2.44. The number of Topliss-reactive ketones (excluding diaryl/α,β-unsaturated/α-hetero) is 1. The van der Waals surface area contributed by atoms with Gasteiger partial charge in [-0.15, -0.1) is 0 Å². The zero-order chi connectivity index (χ0) is 19.7.